The van der Waals surface area contributed by atoms with Crippen molar-refractivity contribution < 1.29 is 13.2 Å². The number of nitrogens with one attached hydrogen (secondary N) is 1. The summed E-state index contributed by atoms with van der Waals surface area (Å²) >= 11 is 0. The Balaban J connectivity index is 0.00000256. The fourth-order valence-electron chi connectivity index (χ4n) is 1.32. The predicted molar refractivity (Wildman–Crippen MR) is 69.9 cm³/mol. The molecular formula is C10H21ClN2O3S. The minimum absolute atomic E-state index is 0. The summed E-state index contributed by atoms with van der Waals surface area (Å²) in [5.74, 6) is -0.394. The van der Waals surface area contributed by atoms with Gasteiger partial charge in [0.05, 0.1) is 5.25 Å². The minimum Gasteiger partial charge on any atom is -0.354 e. The highest BCUT2D eigenvalue weighted by molar-refractivity contribution is 7.92. The van der Waals surface area contributed by atoms with Crippen LogP contribution < -0.4 is 11.1 Å². The molecule has 1 amide bonds. The van der Waals surface area contributed by atoms with Crippen molar-refractivity contribution in [1.82, 2.24) is 5.32 Å². The molecule has 0 aromatic carbocycles. The van der Waals surface area contributed by atoms with E-state index >= 15 is 0 Å². The first-order valence-electron chi connectivity index (χ1n) is 5.57. The smallest absolute Gasteiger partial charge is 0.235 e. The Hall–Kier alpha value is -0.330. The van der Waals surface area contributed by atoms with E-state index in [1.165, 1.54) is 0 Å². The molecule has 0 bridgehead atoms. The Bertz CT molecular complexity index is 353. The SMILES string of the molecule is CC(C)S(=O)(=O)CC(=O)NCC(N)C1CC1.Cl. The van der Waals surface area contributed by atoms with Crippen molar-refractivity contribution in [3.8, 4) is 0 Å². The Kier molecular flexibility index (Phi) is 6.43. The summed E-state index contributed by atoms with van der Waals surface area (Å²) in [6, 6.07) is -0.0364. The van der Waals surface area contributed by atoms with Crippen LogP contribution in [0.15, 0.2) is 0 Å². The summed E-state index contributed by atoms with van der Waals surface area (Å²) in [6.07, 6.45) is 2.22. The summed E-state index contributed by atoms with van der Waals surface area (Å²) in [7, 11) is -3.30. The number of hydrogen-bond donors (Lipinski definition) is 2. The van der Waals surface area contributed by atoms with E-state index in [9.17, 15) is 13.2 Å². The summed E-state index contributed by atoms with van der Waals surface area (Å²) in [5, 5.41) is 2.05. The van der Waals surface area contributed by atoms with Crippen LogP contribution in [0.4, 0.5) is 0 Å². The minimum atomic E-state index is -3.30. The van der Waals surface area contributed by atoms with Crippen molar-refractivity contribution >= 4 is 28.2 Å². The predicted octanol–water partition coefficient (Wildman–Crippen LogP) is 0.0849. The second-order valence-electron chi connectivity index (χ2n) is 4.66. The Morgan fingerprint density at radius 2 is 1.94 bits per heavy atom. The highest BCUT2D eigenvalue weighted by Gasteiger charge is 2.29. The molecule has 0 aliphatic heterocycles. The number of amides is 1. The molecule has 3 N–H and O–H groups in total. The van der Waals surface area contributed by atoms with E-state index in [0.717, 1.165) is 12.8 Å². The van der Waals surface area contributed by atoms with Gasteiger partial charge in [0.1, 0.15) is 5.75 Å². The third kappa shape index (κ3) is 5.70. The number of rotatable bonds is 6. The molecule has 1 saturated carbocycles. The molecule has 0 heterocycles. The molecule has 1 fully saturated rings. The highest BCUT2D eigenvalue weighted by atomic mass is 35.5. The van der Waals surface area contributed by atoms with Crippen LogP contribution >= 0.6 is 12.4 Å². The molecular weight excluding hydrogens is 264 g/mol. The van der Waals surface area contributed by atoms with Crippen LogP contribution in [-0.4, -0.2) is 37.9 Å². The van der Waals surface area contributed by atoms with Crippen LogP contribution in [-0.2, 0) is 14.6 Å². The lowest BCUT2D eigenvalue weighted by molar-refractivity contribution is -0.118. The van der Waals surface area contributed by atoms with E-state index in [2.05, 4.69) is 5.32 Å². The zero-order valence-electron chi connectivity index (χ0n) is 10.2. The van der Waals surface area contributed by atoms with Gasteiger partial charge in [-0.2, -0.15) is 0 Å². The van der Waals surface area contributed by atoms with E-state index in [4.69, 9.17) is 5.73 Å². The first-order valence-corrected chi connectivity index (χ1v) is 7.28. The quantitative estimate of drug-likeness (QED) is 0.723. The van der Waals surface area contributed by atoms with E-state index in [-0.39, 0.29) is 18.4 Å². The first-order chi connectivity index (χ1) is 7.33. The first kappa shape index (κ1) is 16.7. The third-order valence-corrected chi connectivity index (χ3v) is 4.91. The molecule has 1 rings (SSSR count). The zero-order valence-corrected chi connectivity index (χ0v) is 11.8. The molecule has 1 aliphatic carbocycles. The van der Waals surface area contributed by atoms with Gasteiger partial charge >= 0.3 is 0 Å². The van der Waals surface area contributed by atoms with Gasteiger partial charge in [-0.15, -0.1) is 12.4 Å². The molecule has 0 aromatic heterocycles. The van der Waals surface area contributed by atoms with Gasteiger partial charge in [0, 0.05) is 12.6 Å². The topological polar surface area (TPSA) is 89.3 Å². The van der Waals surface area contributed by atoms with Gasteiger partial charge in [-0.25, -0.2) is 8.42 Å². The highest BCUT2D eigenvalue weighted by Crippen LogP contribution is 2.31. The molecule has 0 saturated heterocycles. The van der Waals surface area contributed by atoms with Gasteiger partial charge in [0.2, 0.25) is 5.91 Å². The van der Waals surface area contributed by atoms with Crippen LogP contribution in [0.5, 0.6) is 0 Å². The molecule has 17 heavy (non-hydrogen) atoms. The molecule has 5 nitrogen and oxygen atoms in total. The maximum atomic E-state index is 11.4. The molecule has 1 unspecified atom stereocenters. The monoisotopic (exact) mass is 284 g/mol. The van der Waals surface area contributed by atoms with E-state index < -0.39 is 26.7 Å². The van der Waals surface area contributed by atoms with E-state index in [1.807, 2.05) is 0 Å². The number of nitrogens with two attached hydrogens (primary N) is 1. The Morgan fingerprint density at radius 3 is 2.35 bits per heavy atom. The lowest BCUT2D eigenvalue weighted by Gasteiger charge is -2.12. The maximum absolute atomic E-state index is 11.4. The van der Waals surface area contributed by atoms with Crippen molar-refractivity contribution in [3.63, 3.8) is 0 Å². The van der Waals surface area contributed by atoms with Gasteiger partial charge in [-0.1, -0.05) is 0 Å². The number of hydrogen-bond acceptors (Lipinski definition) is 4. The molecule has 7 heteroatoms. The lowest BCUT2D eigenvalue weighted by Crippen LogP contribution is -2.41. The van der Waals surface area contributed by atoms with Gasteiger partial charge in [-0.3, -0.25) is 4.79 Å². The molecule has 0 radical (unpaired) electrons. The van der Waals surface area contributed by atoms with Crippen LogP contribution in [0, 0.1) is 5.92 Å². The van der Waals surface area contributed by atoms with Crippen molar-refractivity contribution in [3.05, 3.63) is 0 Å². The van der Waals surface area contributed by atoms with Crippen LogP contribution in [0.1, 0.15) is 26.7 Å². The van der Waals surface area contributed by atoms with E-state index in [1.54, 1.807) is 13.8 Å². The zero-order chi connectivity index (χ0) is 12.3. The maximum Gasteiger partial charge on any atom is 0.235 e. The van der Waals surface area contributed by atoms with Crippen LogP contribution in [0.25, 0.3) is 0 Å². The molecule has 1 atom stereocenters. The van der Waals surface area contributed by atoms with Crippen molar-refractivity contribution in [2.75, 3.05) is 12.3 Å². The van der Waals surface area contributed by atoms with Crippen LogP contribution in [0.2, 0.25) is 0 Å². The summed E-state index contributed by atoms with van der Waals surface area (Å²) < 4.78 is 22.9. The lowest BCUT2D eigenvalue weighted by atomic mass is 10.2. The van der Waals surface area contributed by atoms with Crippen molar-refractivity contribution in [2.24, 2.45) is 11.7 Å². The van der Waals surface area contributed by atoms with Gasteiger partial charge in [0.25, 0.3) is 0 Å². The Morgan fingerprint density at radius 1 is 1.41 bits per heavy atom. The Labute approximate surface area is 109 Å². The van der Waals surface area contributed by atoms with Gasteiger partial charge in [-0.05, 0) is 32.6 Å². The number of halogens is 1. The normalized spacial score (nSPS) is 17.4. The largest absolute Gasteiger partial charge is 0.354 e. The van der Waals surface area contributed by atoms with Gasteiger partial charge < -0.3 is 11.1 Å². The second-order valence-corrected chi connectivity index (χ2v) is 7.22. The molecule has 0 spiro atoms. The average molecular weight is 285 g/mol. The number of carbonyl (C=O) groups excluding carboxylic acids is 1. The molecule has 102 valence electrons. The van der Waals surface area contributed by atoms with Crippen LogP contribution in [0.3, 0.4) is 0 Å². The third-order valence-electron chi connectivity index (χ3n) is 2.81. The average Bonchev–Trinajstić information content (AvgIpc) is 2.96. The van der Waals surface area contributed by atoms with Gasteiger partial charge in [0.15, 0.2) is 9.84 Å². The number of sulfone groups is 1. The standard InChI is InChI=1S/C10H20N2O3S.ClH/c1-7(2)16(14,15)6-10(13)12-5-9(11)8-3-4-8;/h7-9H,3-6,11H2,1-2H3,(H,12,13);1H. The summed E-state index contributed by atoms with van der Waals surface area (Å²) in [6.45, 7) is 3.51. The van der Waals surface area contributed by atoms with Crippen molar-refractivity contribution in [2.45, 2.75) is 38.0 Å². The molecule has 0 aromatic rings. The van der Waals surface area contributed by atoms with E-state index in [0.29, 0.717) is 12.5 Å². The second kappa shape index (κ2) is 6.56. The number of carbonyl (C=O) groups is 1. The fraction of sp³-hybridized carbons (Fsp3) is 0.900. The summed E-state index contributed by atoms with van der Waals surface area (Å²) in [4.78, 5) is 11.4. The fourth-order valence-corrected chi connectivity index (χ4v) is 2.12. The van der Waals surface area contributed by atoms with Crippen molar-refractivity contribution in [1.29, 1.82) is 0 Å². The summed E-state index contributed by atoms with van der Waals surface area (Å²) in [5.41, 5.74) is 5.79. The molecule has 1 aliphatic rings.